The van der Waals surface area contributed by atoms with Crippen LogP contribution in [0.15, 0.2) is 48.5 Å². The molecule has 0 saturated carbocycles. The molecule has 0 fully saturated rings. The topological polar surface area (TPSA) is 82.1 Å². The normalized spacial score (nSPS) is 13.1. The summed E-state index contributed by atoms with van der Waals surface area (Å²) in [5, 5.41) is 9.25. The van der Waals surface area contributed by atoms with E-state index in [-0.39, 0.29) is 18.6 Å². The van der Waals surface area contributed by atoms with Gasteiger partial charge in [-0.1, -0.05) is 38.1 Å². The molecule has 1 N–H and O–H groups in total. The lowest BCUT2D eigenvalue weighted by molar-refractivity contribution is 0.0842. The zero-order valence-electron chi connectivity index (χ0n) is 17.5. The predicted molar refractivity (Wildman–Crippen MR) is 113 cm³/mol. The Morgan fingerprint density at radius 2 is 1.43 bits per heavy atom. The number of benzene rings is 2. The van der Waals surface area contributed by atoms with E-state index in [4.69, 9.17) is 9.47 Å². The van der Waals surface area contributed by atoms with Crippen LogP contribution < -0.4 is 9.47 Å². The van der Waals surface area contributed by atoms with Crippen LogP contribution in [0.4, 0.5) is 4.39 Å². The molecule has 8 heteroatoms. The van der Waals surface area contributed by atoms with Gasteiger partial charge in [0, 0.05) is 11.8 Å². The summed E-state index contributed by atoms with van der Waals surface area (Å²) < 4.78 is 49.8. The van der Waals surface area contributed by atoms with Gasteiger partial charge in [0.05, 0.1) is 19.5 Å². The summed E-state index contributed by atoms with van der Waals surface area (Å²) in [5.41, 5.74) is 1.91. The molecule has 1 atom stereocenters. The van der Waals surface area contributed by atoms with Gasteiger partial charge in [-0.25, -0.2) is 4.39 Å². The number of hydrogen-bond donors (Lipinski definition) is 1. The van der Waals surface area contributed by atoms with E-state index in [2.05, 4.69) is 18.0 Å². The number of aliphatic hydroxyl groups excluding tert-OH is 1. The fourth-order valence-corrected chi connectivity index (χ4v) is 3.22. The number of ether oxygens (including phenoxy) is 2. The first-order valence-corrected chi connectivity index (χ1v) is 11.5. The Hall–Kier alpha value is -2.16. The molecule has 6 nitrogen and oxygen atoms in total. The van der Waals surface area contributed by atoms with Crippen LogP contribution in [0.5, 0.6) is 11.5 Å². The fraction of sp³-hybridized carbons (Fsp3) is 0.455. The molecule has 0 amide bonds. The van der Waals surface area contributed by atoms with E-state index in [1.54, 1.807) is 12.1 Å². The quantitative estimate of drug-likeness (QED) is 0.402. The van der Waals surface area contributed by atoms with Gasteiger partial charge in [0.25, 0.3) is 10.1 Å². The maximum atomic E-state index is 12.3. The Morgan fingerprint density at radius 3 is 1.90 bits per heavy atom. The van der Waals surface area contributed by atoms with E-state index >= 15 is 0 Å². The Kier molecular flexibility index (Phi) is 8.64. The van der Waals surface area contributed by atoms with Crippen molar-refractivity contribution in [2.24, 2.45) is 0 Å². The Balaban J connectivity index is 1.92. The van der Waals surface area contributed by atoms with Crippen LogP contribution in [0.1, 0.15) is 31.4 Å². The molecule has 1 unspecified atom stereocenters. The second-order valence-electron chi connectivity index (χ2n) is 7.52. The highest BCUT2D eigenvalue weighted by Crippen LogP contribution is 2.33. The predicted octanol–water partition coefficient (Wildman–Crippen LogP) is 3.47. The maximum absolute atomic E-state index is 12.3. The van der Waals surface area contributed by atoms with E-state index in [1.807, 2.05) is 36.4 Å². The molecular weight excluding hydrogens is 411 g/mol. The smallest absolute Gasteiger partial charge is 0.264 e. The van der Waals surface area contributed by atoms with E-state index in [1.165, 1.54) is 0 Å². The minimum atomic E-state index is -3.42. The highest BCUT2D eigenvalue weighted by molar-refractivity contribution is 7.85. The molecule has 2 rings (SSSR count). The van der Waals surface area contributed by atoms with Crippen molar-refractivity contribution in [1.82, 2.24) is 0 Å². The van der Waals surface area contributed by atoms with Crippen LogP contribution in [0, 0.1) is 0 Å². The number of alkyl halides is 1. The second kappa shape index (κ2) is 10.7. The van der Waals surface area contributed by atoms with Gasteiger partial charge in [0.1, 0.15) is 30.9 Å². The highest BCUT2D eigenvalue weighted by Gasteiger charge is 2.23. The molecule has 166 valence electrons. The molecule has 2 aromatic rings. The molecule has 0 bridgehead atoms. The Morgan fingerprint density at radius 1 is 0.933 bits per heavy atom. The van der Waals surface area contributed by atoms with Gasteiger partial charge in [-0.15, -0.1) is 0 Å². The first-order chi connectivity index (χ1) is 14.1. The lowest BCUT2D eigenvalue weighted by Gasteiger charge is -2.26. The molecular formula is C22H29FO6S. The number of halogens is 1. The van der Waals surface area contributed by atoms with Crippen LogP contribution in [-0.4, -0.2) is 52.4 Å². The first-order valence-electron chi connectivity index (χ1n) is 9.67. The number of aliphatic hydroxyl groups is 1. The molecule has 0 aliphatic heterocycles. The molecule has 0 aliphatic rings. The summed E-state index contributed by atoms with van der Waals surface area (Å²) in [7, 11) is -3.42. The third kappa shape index (κ3) is 7.59. The lowest BCUT2D eigenvalue weighted by atomic mass is 9.78. The molecule has 2 aromatic carbocycles. The third-order valence-corrected chi connectivity index (χ3v) is 5.22. The van der Waals surface area contributed by atoms with Crippen LogP contribution in [0.25, 0.3) is 0 Å². The lowest BCUT2D eigenvalue weighted by Crippen LogP contribution is -2.20. The Bertz CT molecular complexity index is 879. The summed E-state index contributed by atoms with van der Waals surface area (Å²) in [5.74, 6) is 1.27. The minimum Gasteiger partial charge on any atom is -0.494 e. The molecule has 0 aromatic heterocycles. The standard InChI is InChI=1S/C22H29FO6S/c1-22(2,18-7-11-21(12-8-18)28-16-19(24)15-23)17-5-9-20(10-6-17)27-13-4-14-29-30(3,25)26/h5-12,19,24H,4,13-16H2,1-3H3. The van der Waals surface area contributed by atoms with E-state index in [9.17, 15) is 17.9 Å². The number of rotatable bonds is 12. The van der Waals surface area contributed by atoms with Gasteiger partial charge >= 0.3 is 0 Å². The van der Waals surface area contributed by atoms with Crippen molar-refractivity contribution in [2.75, 3.05) is 32.8 Å². The van der Waals surface area contributed by atoms with Crippen molar-refractivity contribution in [3.63, 3.8) is 0 Å². The second-order valence-corrected chi connectivity index (χ2v) is 9.16. The summed E-state index contributed by atoms with van der Waals surface area (Å²) >= 11 is 0. The maximum Gasteiger partial charge on any atom is 0.264 e. The van der Waals surface area contributed by atoms with Crippen LogP contribution in [0.3, 0.4) is 0 Å². The molecule has 0 radical (unpaired) electrons. The van der Waals surface area contributed by atoms with Crippen LogP contribution >= 0.6 is 0 Å². The highest BCUT2D eigenvalue weighted by atomic mass is 32.2. The summed E-state index contributed by atoms with van der Waals surface area (Å²) in [6.45, 7) is 3.75. The zero-order valence-corrected chi connectivity index (χ0v) is 18.3. The molecule has 0 saturated heterocycles. The SMILES string of the molecule is CC(C)(c1ccc(OCCCOS(C)(=O)=O)cc1)c1ccc(OCC(O)CF)cc1. The van der Waals surface area contributed by atoms with Crippen molar-refractivity contribution < 1.29 is 31.6 Å². The summed E-state index contributed by atoms with van der Waals surface area (Å²) in [6, 6.07) is 15.2. The van der Waals surface area contributed by atoms with Gasteiger partial charge in [0.2, 0.25) is 0 Å². The largest absolute Gasteiger partial charge is 0.494 e. The van der Waals surface area contributed by atoms with Crippen LogP contribution in [0.2, 0.25) is 0 Å². The van der Waals surface area contributed by atoms with Crippen molar-refractivity contribution in [2.45, 2.75) is 31.8 Å². The van der Waals surface area contributed by atoms with Crippen molar-refractivity contribution >= 4 is 10.1 Å². The van der Waals surface area contributed by atoms with E-state index in [0.717, 1.165) is 17.4 Å². The summed E-state index contributed by atoms with van der Waals surface area (Å²) in [6.07, 6.45) is 0.373. The van der Waals surface area contributed by atoms with Crippen LogP contribution in [-0.2, 0) is 19.7 Å². The van der Waals surface area contributed by atoms with E-state index in [0.29, 0.717) is 24.5 Å². The summed E-state index contributed by atoms with van der Waals surface area (Å²) in [4.78, 5) is 0. The van der Waals surface area contributed by atoms with Gasteiger partial charge in [-0.2, -0.15) is 8.42 Å². The van der Waals surface area contributed by atoms with Gasteiger partial charge in [-0.3, -0.25) is 4.18 Å². The van der Waals surface area contributed by atoms with Crippen molar-refractivity contribution in [3.8, 4) is 11.5 Å². The average molecular weight is 441 g/mol. The van der Waals surface area contributed by atoms with Crippen molar-refractivity contribution in [1.29, 1.82) is 0 Å². The van der Waals surface area contributed by atoms with Crippen molar-refractivity contribution in [3.05, 3.63) is 59.7 Å². The zero-order chi connectivity index (χ0) is 22.2. The van der Waals surface area contributed by atoms with Gasteiger partial charge in [0.15, 0.2) is 0 Å². The van der Waals surface area contributed by atoms with Gasteiger partial charge < -0.3 is 14.6 Å². The van der Waals surface area contributed by atoms with E-state index < -0.39 is 22.9 Å². The molecule has 0 heterocycles. The fourth-order valence-electron chi connectivity index (χ4n) is 2.80. The molecule has 0 spiro atoms. The minimum absolute atomic E-state index is 0.0823. The average Bonchev–Trinajstić information content (AvgIpc) is 2.71. The molecule has 30 heavy (non-hydrogen) atoms. The molecule has 0 aliphatic carbocycles. The first kappa shape index (κ1) is 24.1. The van der Waals surface area contributed by atoms with Gasteiger partial charge in [-0.05, 0) is 35.4 Å². The monoisotopic (exact) mass is 440 g/mol. The number of hydrogen-bond acceptors (Lipinski definition) is 6. The Labute approximate surface area is 177 Å². The third-order valence-electron chi connectivity index (χ3n) is 4.63.